The predicted octanol–water partition coefficient (Wildman–Crippen LogP) is 1.25. The van der Waals surface area contributed by atoms with E-state index in [2.05, 4.69) is 35.0 Å². The second-order valence-electron chi connectivity index (χ2n) is 3.40. The van der Waals surface area contributed by atoms with Crippen LogP contribution in [-0.4, -0.2) is 22.8 Å². The summed E-state index contributed by atoms with van der Waals surface area (Å²) in [6, 6.07) is 2.62. The van der Waals surface area contributed by atoms with Gasteiger partial charge in [-0.2, -0.15) is 10.2 Å². The van der Waals surface area contributed by atoms with Crippen molar-refractivity contribution in [2.45, 2.75) is 26.3 Å². The van der Waals surface area contributed by atoms with Gasteiger partial charge in [-0.3, -0.25) is 0 Å². The molecular weight excluding hydrogens is 150 g/mol. The molecule has 64 valence electrons. The monoisotopic (exact) mass is 163 g/mol. The third-order valence-corrected chi connectivity index (χ3v) is 2.30. The van der Waals surface area contributed by atoms with Gasteiger partial charge in [0.25, 0.3) is 0 Å². The van der Waals surface area contributed by atoms with Crippen LogP contribution in [0.4, 0.5) is 5.69 Å². The number of hydrogen-bond donors (Lipinski definition) is 0. The summed E-state index contributed by atoms with van der Waals surface area (Å²) >= 11 is 0. The lowest BCUT2D eigenvalue weighted by molar-refractivity contribution is 0.710. The molecule has 2 rings (SSSR count). The Labute approximate surface area is 72.4 Å². The van der Waals surface area contributed by atoms with E-state index in [1.165, 1.54) is 5.69 Å². The molecule has 0 spiro atoms. The van der Waals surface area contributed by atoms with E-state index in [9.17, 15) is 0 Å². The quantitative estimate of drug-likeness (QED) is 0.624. The van der Waals surface area contributed by atoms with Gasteiger partial charge in [0.15, 0.2) is 0 Å². The van der Waals surface area contributed by atoms with Gasteiger partial charge < -0.3 is 4.90 Å². The fourth-order valence-electron chi connectivity index (χ4n) is 1.68. The summed E-state index contributed by atoms with van der Waals surface area (Å²) < 4.78 is 0. The molecule has 0 saturated heterocycles. The first kappa shape index (κ1) is 7.53. The SMILES string of the molecule is CC(C)N1CCc2nnccc21. The number of fused-ring (bicyclic) bond motifs is 1. The minimum Gasteiger partial charge on any atom is -0.367 e. The smallest absolute Gasteiger partial charge is 0.0881 e. The molecule has 0 atom stereocenters. The van der Waals surface area contributed by atoms with Gasteiger partial charge >= 0.3 is 0 Å². The Hall–Kier alpha value is -1.12. The van der Waals surface area contributed by atoms with E-state index < -0.39 is 0 Å². The Morgan fingerprint density at radius 1 is 1.50 bits per heavy atom. The highest BCUT2D eigenvalue weighted by Gasteiger charge is 2.21. The second-order valence-corrected chi connectivity index (χ2v) is 3.40. The summed E-state index contributed by atoms with van der Waals surface area (Å²) in [4.78, 5) is 2.37. The molecule has 0 unspecified atom stereocenters. The topological polar surface area (TPSA) is 29.0 Å². The maximum Gasteiger partial charge on any atom is 0.0881 e. The number of anilines is 1. The van der Waals surface area contributed by atoms with Crippen LogP contribution >= 0.6 is 0 Å². The van der Waals surface area contributed by atoms with Gasteiger partial charge in [0.2, 0.25) is 0 Å². The van der Waals surface area contributed by atoms with Crippen molar-refractivity contribution in [2.24, 2.45) is 0 Å². The summed E-state index contributed by atoms with van der Waals surface area (Å²) in [6.45, 7) is 5.50. The Morgan fingerprint density at radius 2 is 2.33 bits per heavy atom. The van der Waals surface area contributed by atoms with Crippen LogP contribution in [0.2, 0.25) is 0 Å². The number of hydrogen-bond acceptors (Lipinski definition) is 3. The van der Waals surface area contributed by atoms with E-state index in [0.717, 1.165) is 18.7 Å². The van der Waals surface area contributed by atoms with Gasteiger partial charge in [-0.05, 0) is 19.9 Å². The van der Waals surface area contributed by atoms with Crippen molar-refractivity contribution >= 4 is 5.69 Å². The van der Waals surface area contributed by atoms with Crippen LogP contribution < -0.4 is 4.90 Å². The summed E-state index contributed by atoms with van der Waals surface area (Å²) in [7, 11) is 0. The van der Waals surface area contributed by atoms with Crippen molar-refractivity contribution in [1.82, 2.24) is 10.2 Å². The van der Waals surface area contributed by atoms with Crippen LogP contribution in [0.15, 0.2) is 12.3 Å². The van der Waals surface area contributed by atoms with Crippen molar-refractivity contribution in [1.29, 1.82) is 0 Å². The highest BCUT2D eigenvalue weighted by molar-refractivity contribution is 5.54. The Kier molecular flexibility index (Phi) is 1.71. The number of nitrogens with zero attached hydrogens (tertiary/aromatic N) is 3. The molecule has 0 radical (unpaired) electrons. The lowest BCUT2D eigenvalue weighted by Crippen LogP contribution is -2.28. The number of aromatic nitrogens is 2. The molecule has 0 N–H and O–H groups in total. The van der Waals surface area contributed by atoms with Crippen LogP contribution in [0, 0.1) is 0 Å². The normalized spacial score (nSPS) is 15.4. The Balaban J connectivity index is 2.36. The van der Waals surface area contributed by atoms with E-state index in [0.29, 0.717) is 6.04 Å². The average Bonchev–Trinajstić information content (AvgIpc) is 2.47. The zero-order chi connectivity index (χ0) is 8.55. The largest absolute Gasteiger partial charge is 0.367 e. The molecule has 2 heterocycles. The Morgan fingerprint density at radius 3 is 3.08 bits per heavy atom. The van der Waals surface area contributed by atoms with Gasteiger partial charge in [0.05, 0.1) is 17.6 Å². The molecule has 3 heteroatoms. The number of rotatable bonds is 1. The molecule has 0 fully saturated rings. The minimum absolute atomic E-state index is 0.565. The van der Waals surface area contributed by atoms with Crippen LogP contribution in [0.5, 0.6) is 0 Å². The molecule has 0 bridgehead atoms. The molecule has 1 aromatic heterocycles. The maximum absolute atomic E-state index is 4.10. The summed E-state index contributed by atoms with van der Waals surface area (Å²) in [5.74, 6) is 0. The molecule has 0 aliphatic carbocycles. The van der Waals surface area contributed by atoms with Gasteiger partial charge in [-0.25, -0.2) is 0 Å². The van der Waals surface area contributed by atoms with Crippen molar-refractivity contribution in [3.05, 3.63) is 18.0 Å². The second kappa shape index (κ2) is 2.73. The molecule has 1 aromatic rings. The summed E-state index contributed by atoms with van der Waals surface area (Å²) in [6.07, 6.45) is 2.81. The molecular formula is C9H13N3. The van der Waals surface area contributed by atoms with E-state index in [4.69, 9.17) is 0 Å². The maximum atomic E-state index is 4.10. The van der Waals surface area contributed by atoms with Crippen LogP contribution in [-0.2, 0) is 6.42 Å². The molecule has 0 amide bonds. The zero-order valence-electron chi connectivity index (χ0n) is 7.49. The van der Waals surface area contributed by atoms with E-state index in [1.54, 1.807) is 6.20 Å². The van der Waals surface area contributed by atoms with E-state index >= 15 is 0 Å². The van der Waals surface area contributed by atoms with Crippen LogP contribution in [0.3, 0.4) is 0 Å². The van der Waals surface area contributed by atoms with E-state index in [-0.39, 0.29) is 0 Å². The van der Waals surface area contributed by atoms with Crippen molar-refractivity contribution in [3.8, 4) is 0 Å². The average molecular weight is 163 g/mol. The highest BCUT2D eigenvalue weighted by atomic mass is 15.2. The van der Waals surface area contributed by atoms with Gasteiger partial charge in [0, 0.05) is 19.0 Å². The van der Waals surface area contributed by atoms with Gasteiger partial charge in [-0.1, -0.05) is 0 Å². The highest BCUT2D eigenvalue weighted by Crippen LogP contribution is 2.26. The minimum atomic E-state index is 0.565. The fourth-order valence-corrected chi connectivity index (χ4v) is 1.68. The molecule has 1 aliphatic heterocycles. The van der Waals surface area contributed by atoms with Crippen molar-refractivity contribution < 1.29 is 0 Å². The standard InChI is InChI=1S/C9H13N3/c1-7(2)12-6-4-8-9(12)3-5-10-11-8/h3,5,7H,4,6H2,1-2H3. The van der Waals surface area contributed by atoms with Gasteiger partial charge in [-0.15, -0.1) is 0 Å². The van der Waals surface area contributed by atoms with E-state index in [1.807, 2.05) is 0 Å². The predicted molar refractivity (Wildman–Crippen MR) is 48.2 cm³/mol. The molecule has 1 aliphatic rings. The molecule has 0 aromatic carbocycles. The summed E-state index contributed by atoms with van der Waals surface area (Å²) in [5, 5.41) is 7.97. The van der Waals surface area contributed by atoms with Crippen LogP contribution in [0.25, 0.3) is 0 Å². The first-order valence-electron chi connectivity index (χ1n) is 4.36. The lowest BCUT2D eigenvalue weighted by Gasteiger charge is -2.23. The van der Waals surface area contributed by atoms with Crippen molar-refractivity contribution in [3.63, 3.8) is 0 Å². The summed E-state index contributed by atoms with van der Waals surface area (Å²) in [5.41, 5.74) is 2.41. The first-order chi connectivity index (χ1) is 5.79. The van der Waals surface area contributed by atoms with Gasteiger partial charge in [0.1, 0.15) is 0 Å². The zero-order valence-corrected chi connectivity index (χ0v) is 7.49. The molecule has 12 heavy (non-hydrogen) atoms. The third kappa shape index (κ3) is 1.05. The lowest BCUT2D eigenvalue weighted by atomic mass is 10.3. The first-order valence-corrected chi connectivity index (χ1v) is 4.36. The Bertz CT molecular complexity index is 283. The third-order valence-electron chi connectivity index (χ3n) is 2.30. The fraction of sp³-hybridized carbons (Fsp3) is 0.556. The molecule has 3 nitrogen and oxygen atoms in total. The van der Waals surface area contributed by atoms with Crippen LogP contribution in [0.1, 0.15) is 19.5 Å². The molecule has 0 saturated carbocycles. The van der Waals surface area contributed by atoms with Crippen molar-refractivity contribution in [2.75, 3.05) is 11.4 Å².